The van der Waals surface area contributed by atoms with Crippen molar-refractivity contribution in [2.24, 2.45) is 0 Å². The number of hydrogen-bond donors (Lipinski definition) is 1. The van der Waals surface area contributed by atoms with Crippen LogP contribution >= 0.6 is 64.9 Å². The van der Waals surface area contributed by atoms with E-state index >= 15 is 0 Å². The minimum atomic E-state index is 0. The molecule has 1 amide bonds. The van der Waals surface area contributed by atoms with Crippen molar-refractivity contribution in [1.29, 1.82) is 0 Å². The number of carbonyl (C=O) groups excluding carboxylic acids is 1. The highest BCUT2D eigenvalue weighted by Crippen LogP contribution is 2.23. The molecular weight excluding hydrogens is 507 g/mol. The summed E-state index contributed by atoms with van der Waals surface area (Å²) in [7, 11) is 0. The third-order valence-corrected chi connectivity index (χ3v) is 6.99. The van der Waals surface area contributed by atoms with Gasteiger partial charge in [-0.2, -0.15) is 0 Å². The molecule has 0 aliphatic carbocycles. The predicted molar refractivity (Wildman–Crippen MR) is 129 cm³/mol. The Kier molecular flexibility index (Phi) is 11.3. The zero-order valence-corrected chi connectivity index (χ0v) is 20.4. The number of anilines is 1. The number of nitrogens with one attached hydrogen (secondary N) is 1. The number of benzene rings is 1. The van der Waals surface area contributed by atoms with Gasteiger partial charge in [0, 0.05) is 61.2 Å². The smallest absolute Gasteiger partial charge is 0.240 e. The lowest BCUT2D eigenvalue weighted by atomic mass is 10.1. The van der Waals surface area contributed by atoms with E-state index < -0.39 is 0 Å². The summed E-state index contributed by atoms with van der Waals surface area (Å²) in [6, 6.07) is 9.09. The normalized spacial score (nSPS) is 24.9. The van der Waals surface area contributed by atoms with Gasteiger partial charge in [-0.15, -0.1) is 49.0 Å². The molecule has 0 saturated carbocycles. The third-order valence-electron chi connectivity index (χ3n) is 5.49. The second-order valence-corrected chi connectivity index (χ2v) is 8.98. The fraction of sp³-hybridized carbons (Fsp3) is 0.611. The molecule has 5 nitrogen and oxygen atoms in total. The van der Waals surface area contributed by atoms with Crippen LogP contribution < -0.4 is 10.2 Å². The number of carbonyl (C=O) groups is 1. The van der Waals surface area contributed by atoms with Gasteiger partial charge < -0.3 is 15.1 Å². The summed E-state index contributed by atoms with van der Waals surface area (Å²) in [5.41, 5.74) is 1.30. The molecular formula is C18H28BrCl3N4OS. The SMILES string of the molecule is Cl.Cl.Cl.O=C([C@@H]1C[C@H](N2CCN(c3ccc(Br)cc3)CC2)CN1)N1CCSC1. The fourth-order valence-corrected chi connectivity index (χ4v) is 5.21. The monoisotopic (exact) mass is 532 g/mol. The van der Waals surface area contributed by atoms with E-state index in [0.29, 0.717) is 11.9 Å². The Balaban J connectivity index is 0.00000131. The van der Waals surface area contributed by atoms with Gasteiger partial charge in [0.15, 0.2) is 0 Å². The zero-order chi connectivity index (χ0) is 17.2. The maximum Gasteiger partial charge on any atom is 0.240 e. The molecule has 0 spiro atoms. The fourth-order valence-electron chi connectivity index (χ4n) is 3.99. The molecule has 160 valence electrons. The van der Waals surface area contributed by atoms with Crippen LogP contribution in [0.3, 0.4) is 0 Å². The minimum absolute atomic E-state index is 0. The first-order valence-electron chi connectivity index (χ1n) is 9.05. The van der Waals surface area contributed by atoms with Gasteiger partial charge in [0.05, 0.1) is 11.9 Å². The standard InChI is InChI=1S/C18H25BrN4OS.3ClH/c19-14-1-3-15(4-2-14)21-5-7-22(8-6-21)16-11-17(20-12-16)18(24)23-9-10-25-13-23;;;/h1-4,16-17,20H,5-13H2;3*1H/t16-,17-;;;/m0.../s1. The summed E-state index contributed by atoms with van der Waals surface area (Å²) >= 11 is 5.35. The second-order valence-electron chi connectivity index (χ2n) is 6.99. The largest absolute Gasteiger partial charge is 0.369 e. The predicted octanol–water partition coefficient (Wildman–Crippen LogP) is 3.10. The number of piperazine rings is 1. The summed E-state index contributed by atoms with van der Waals surface area (Å²) in [6.45, 7) is 6.11. The van der Waals surface area contributed by atoms with E-state index in [4.69, 9.17) is 0 Å². The second kappa shape index (κ2) is 12.1. The Hall–Kier alpha value is 0.110. The highest BCUT2D eigenvalue weighted by molar-refractivity contribution is 9.10. The molecule has 4 rings (SSSR count). The molecule has 0 aromatic heterocycles. The van der Waals surface area contributed by atoms with Crippen molar-refractivity contribution in [3.05, 3.63) is 28.7 Å². The molecule has 0 unspecified atom stereocenters. The van der Waals surface area contributed by atoms with Crippen molar-refractivity contribution in [2.75, 3.05) is 55.8 Å². The highest BCUT2D eigenvalue weighted by atomic mass is 79.9. The summed E-state index contributed by atoms with van der Waals surface area (Å²) in [6.07, 6.45) is 0.957. The topological polar surface area (TPSA) is 38.8 Å². The van der Waals surface area contributed by atoms with Gasteiger partial charge in [0.1, 0.15) is 0 Å². The molecule has 1 aromatic rings. The molecule has 0 radical (unpaired) electrons. The Labute approximate surface area is 198 Å². The maximum atomic E-state index is 12.6. The Bertz CT molecular complexity index is 613. The van der Waals surface area contributed by atoms with Crippen LogP contribution in [0.15, 0.2) is 28.7 Å². The first-order chi connectivity index (χ1) is 12.2. The Morgan fingerprint density at radius 1 is 1.04 bits per heavy atom. The molecule has 1 aromatic carbocycles. The van der Waals surface area contributed by atoms with Crippen LogP contribution in [-0.2, 0) is 4.79 Å². The Morgan fingerprint density at radius 2 is 1.71 bits per heavy atom. The van der Waals surface area contributed by atoms with E-state index in [9.17, 15) is 4.79 Å². The lowest BCUT2D eigenvalue weighted by Crippen LogP contribution is -2.51. The first-order valence-corrected chi connectivity index (χ1v) is 11.0. The van der Waals surface area contributed by atoms with Crippen LogP contribution in [0, 0.1) is 0 Å². The van der Waals surface area contributed by atoms with Crippen molar-refractivity contribution in [3.63, 3.8) is 0 Å². The van der Waals surface area contributed by atoms with Crippen molar-refractivity contribution < 1.29 is 4.79 Å². The van der Waals surface area contributed by atoms with E-state index in [1.807, 2.05) is 16.7 Å². The Morgan fingerprint density at radius 3 is 2.32 bits per heavy atom. The summed E-state index contributed by atoms with van der Waals surface area (Å²) < 4.78 is 1.12. The lowest BCUT2D eigenvalue weighted by molar-refractivity contribution is -0.131. The molecule has 2 atom stereocenters. The average molecular weight is 535 g/mol. The van der Waals surface area contributed by atoms with Crippen LogP contribution in [0.4, 0.5) is 5.69 Å². The van der Waals surface area contributed by atoms with Crippen LogP contribution in [0.5, 0.6) is 0 Å². The van der Waals surface area contributed by atoms with Gasteiger partial charge in [0.25, 0.3) is 0 Å². The molecule has 1 N–H and O–H groups in total. The average Bonchev–Trinajstić information content (AvgIpc) is 3.34. The summed E-state index contributed by atoms with van der Waals surface area (Å²) in [5, 5.41) is 3.47. The van der Waals surface area contributed by atoms with Crippen molar-refractivity contribution in [1.82, 2.24) is 15.1 Å². The molecule has 3 fully saturated rings. The minimum Gasteiger partial charge on any atom is -0.369 e. The molecule has 3 heterocycles. The number of halogens is 4. The van der Waals surface area contributed by atoms with Crippen LogP contribution in [-0.4, -0.2) is 78.7 Å². The van der Waals surface area contributed by atoms with Crippen molar-refractivity contribution in [2.45, 2.75) is 18.5 Å². The van der Waals surface area contributed by atoms with Gasteiger partial charge in [-0.05, 0) is 30.7 Å². The first kappa shape index (κ1) is 26.1. The number of thioether (sulfide) groups is 1. The lowest BCUT2D eigenvalue weighted by Gasteiger charge is -2.39. The number of nitrogens with zero attached hydrogens (tertiary/aromatic N) is 3. The van der Waals surface area contributed by atoms with Gasteiger partial charge in [-0.3, -0.25) is 9.69 Å². The van der Waals surface area contributed by atoms with Crippen LogP contribution in [0.2, 0.25) is 0 Å². The van der Waals surface area contributed by atoms with Gasteiger partial charge in [0.2, 0.25) is 5.91 Å². The van der Waals surface area contributed by atoms with Crippen molar-refractivity contribution >= 4 is 76.5 Å². The van der Waals surface area contributed by atoms with E-state index in [-0.39, 0.29) is 43.3 Å². The van der Waals surface area contributed by atoms with Gasteiger partial charge in [-0.1, -0.05) is 15.9 Å². The number of hydrogen-bond acceptors (Lipinski definition) is 5. The van der Waals surface area contributed by atoms with Crippen LogP contribution in [0.25, 0.3) is 0 Å². The molecule has 10 heteroatoms. The number of amides is 1. The number of rotatable bonds is 3. The molecule has 3 saturated heterocycles. The van der Waals surface area contributed by atoms with Crippen molar-refractivity contribution in [3.8, 4) is 0 Å². The van der Waals surface area contributed by atoms with E-state index in [2.05, 4.69) is 55.3 Å². The van der Waals surface area contributed by atoms with Crippen LogP contribution in [0.1, 0.15) is 6.42 Å². The maximum absolute atomic E-state index is 12.6. The summed E-state index contributed by atoms with van der Waals surface area (Å²) in [5.74, 6) is 2.26. The molecule has 28 heavy (non-hydrogen) atoms. The molecule has 3 aliphatic rings. The van der Waals surface area contributed by atoms with Gasteiger partial charge in [-0.25, -0.2) is 0 Å². The zero-order valence-electron chi connectivity index (χ0n) is 15.6. The quantitative estimate of drug-likeness (QED) is 0.645. The van der Waals surface area contributed by atoms with Gasteiger partial charge >= 0.3 is 0 Å². The van der Waals surface area contributed by atoms with E-state index in [1.54, 1.807) is 0 Å². The highest BCUT2D eigenvalue weighted by Gasteiger charge is 2.36. The molecule has 0 bridgehead atoms. The van der Waals surface area contributed by atoms with E-state index in [1.165, 1.54) is 5.69 Å². The third kappa shape index (κ3) is 6.06. The molecule has 3 aliphatic heterocycles. The summed E-state index contributed by atoms with van der Waals surface area (Å²) in [4.78, 5) is 19.6. The van der Waals surface area contributed by atoms with E-state index in [0.717, 1.165) is 61.8 Å².